The Hall–Kier alpha value is -0.120. The van der Waals surface area contributed by atoms with Crippen molar-refractivity contribution in [3.05, 3.63) is 0 Å². The highest BCUT2D eigenvalue weighted by Crippen LogP contribution is 1.98. The van der Waals surface area contributed by atoms with E-state index in [1.807, 2.05) is 0 Å². The second-order valence-corrected chi connectivity index (χ2v) is 3.90. The van der Waals surface area contributed by atoms with E-state index in [4.69, 9.17) is 9.84 Å². The number of ether oxygens (including phenoxy) is 1. The molecule has 0 rings (SSSR count). The maximum Gasteiger partial charge on any atom is 0.0499 e. The number of aliphatic hydroxyl groups excluding tert-OH is 1. The van der Waals surface area contributed by atoms with Crippen LogP contribution in [0.1, 0.15) is 32.6 Å². The smallest absolute Gasteiger partial charge is 0.0499 e. The Labute approximate surface area is 87.8 Å². The fourth-order valence-electron chi connectivity index (χ4n) is 1.41. The van der Waals surface area contributed by atoms with Crippen LogP contribution in [0.5, 0.6) is 0 Å². The fourth-order valence-corrected chi connectivity index (χ4v) is 1.41. The number of unbranched alkanes of at least 4 members (excludes halogenated alkanes) is 3. The molecule has 1 atom stereocenters. The van der Waals surface area contributed by atoms with Gasteiger partial charge >= 0.3 is 0 Å². The maximum atomic E-state index is 8.57. The highest BCUT2D eigenvalue weighted by molar-refractivity contribution is 4.55. The largest absolute Gasteiger partial charge is 0.396 e. The lowest BCUT2D eigenvalue weighted by atomic mass is 10.2. The molecule has 1 unspecified atom stereocenters. The van der Waals surface area contributed by atoms with E-state index in [0.29, 0.717) is 12.5 Å². The molecule has 0 aliphatic rings. The summed E-state index contributed by atoms with van der Waals surface area (Å²) in [7, 11) is 1.74. The Morgan fingerprint density at radius 1 is 1.21 bits per heavy atom. The van der Waals surface area contributed by atoms with Crippen molar-refractivity contribution in [3.63, 3.8) is 0 Å². The minimum absolute atomic E-state index is 0.332. The fraction of sp³-hybridized carbons (Fsp3) is 1.00. The van der Waals surface area contributed by atoms with Crippen LogP contribution >= 0.6 is 0 Å². The third-order valence-corrected chi connectivity index (χ3v) is 2.21. The minimum atomic E-state index is 0.332. The molecule has 14 heavy (non-hydrogen) atoms. The molecule has 0 radical (unpaired) electrons. The van der Waals surface area contributed by atoms with Gasteiger partial charge in [-0.1, -0.05) is 19.8 Å². The third kappa shape index (κ3) is 9.96. The predicted molar refractivity (Wildman–Crippen MR) is 59.5 cm³/mol. The summed E-state index contributed by atoms with van der Waals surface area (Å²) in [6.45, 7) is 5.46. The first-order valence-electron chi connectivity index (χ1n) is 5.61. The standard InChI is InChI=1S/C11H25NO2/c1-11(10-14-2)9-12-7-5-3-4-6-8-13/h11-13H,3-10H2,1-2H3. The molecule has 0 aliphatic carbocycles. The number of nitrogens with one attached hydrogen (secondary N) is 1. The van der Waals surface area contributed by atoms with Crippen molar-refractivity contribution in [2.24, 2.45) is 5.92 Å². The van der Waals surface area contributed by atoms with Crippen molar-refractivity contribution in [1.82, 2.24) is 5.32 Å². The van der Waals surface area contributed by atoms with Crippen molar-refractivity contribution in [1.29, 1.82) is 0 Å². The van der Waals surface area contributed by atoms with Gasteiger partial charge in [0.05, 0.1) is 0 Å². The van der Waals surface area contributed by atoms with Crippen LogP contribution in [0.4, 0.5) is 0 Å². The summed E-state index contributed by atoms with van der Waals surface area (Å²) >= 11 is 0. The van der Waals surface area contributed by atoms with Crippen LogP contribution in [0.15, 0.2) is 0 Å². The molecule has 0 fully saturated rings. The quantitative estimate of drug-likeness (QED) is 0.528. The Morgan fingerprint density at radius 2 is 1.93 bits per heavy atom. The summed E-state index contributed by atoms with van der Waals surface area (Å²) in [5, 5.41) is 12.0. The summed E-state index contributed by atoms with van der Waals surface area (Å²) in [6, 6.07) is 0. The summed E-state index contributed by atoms with van der Waals surface area (Å²) in [4.78, 5) is 0. The molecular formula is C11H25NO2. The van der Waals surface area contributed by atoms with Gasteiger partial charge in [-0.3, -0.25) is 0 Å². The first-order valence-corrected chi connectivity index (χ1v) is 5.61. The van der Waals surface area contributed by atoms with Crippen LogP contribution in [-0.2, 0) is 4.74 Å². The molecule has 0 aromatic rings. The molecule has 0 aromatic heterocycles. The summed E-state index contributed by atoms with van der Waals surface area (Å²) in [5.74, 6) is 0.595. The van der Waals surface area contributed by atoms with Gasteiger partial charge in [-0.15, -0.1) is 0 Å². The molecule has 0 heterocycles. The predicted octanol–water partition coefficient (Wildman–Crippen LogP) is 1.41. The van der Waals surface area contributed by atoms with E-state index in [2.05, 4.69) is 12.2 Å². The number of methoxy groups -OCH3 is 1. The molecule has 0 aliphatic heterocycles. The normalized spacial score (nSPS) is 13.1. The molecule has 0 aromatic carbocycles. The van der Waals surface area contributed by atoms with Crippen molar-refractivity contribution >= 4 is 0 Å². The summed E-state index contributed by atoms with van der Waals surface area (Å²) < 4.78 is 5.05. The second-order valence-electron chi connectivity index (χ2n) is 3.90. The van der Waals surface area contributed by atoms with E-state index in [1.165, 1.54) is 12.8 Å². The van der Waals surface area contributed by atoms with E-state index < -0.39 is 0 Å². The topological polar surface area (TPSA) is 41.5 Å². The molecule has 3 nitrogen and oxygen atoms in total. The van der Waals surface area contributed by atoms with Gasteiger partial charge in [0.15, 0.2) is 0 Å². The zero-order valence-electron chi connectivity index (χ0n) is 9.59. The van der Waals surface area contributed by atoms with Crippen molar-refractivity contribution in [2.75, 3.05) is 33.4 Å². The van der Waals surface area contributed by atoms with Gasteiger partial charge in [-0.05, 0) is 31.8 Å². The van der Waals surface area contributed by atoms with Gasteiger partial charge < -0.3 is 15.2 Å². The molecule has 0 bridgehead atoms. The SMILES string of the molecule is COCC(C)CNCCCCCCO. The highest BCUT2D eigenvalue weighted by atomic mass is 16.5. The van der Waals surface area contributed by atoms with E-state index >= 15 is 0 Å². The van der Waals surface area contributed by atoms with E-state index in [-0.39, 0.29) is 0 Å². The van der Waals surface area contributed by atoms with Crippen LogP contribution in [0.3, 0.4) is 0 Å². The number of hydrogen-bond donors (Lipinski definition) is 2. The summed E-state index contributed by atoms with van der Waals surface area (Å²) in [6.07, 6.45) is 4.51. The molecule has 0 saturated heterocycles. The average molecular weight is 203 g/mol. The second kappa shape index (κ2) is 11.0. The Kier molecular flexibility index (Phi) is 10.9. The lowest BCUT2D eigenvalue weighted by Crippen LogP contribution is -2.24. The molecule has 3 heteroatoms. The minimum Gasteiger partial charge on any atom is -0.396 e. The van der Waals surface area contributed by atoms with Crippen LogP contribution in [0, 0.1) is 5.92 Å². The van der Waals surface area contributed by atoms with Gasteiger partial charge in [-0.2, -0.15) is 0 Å². The Balaban J connectivity index is 2.98. The lowest BCUT2D eigenvalue weighted by molar-refractivity contribution is 0.158. The van der Waals surface area contributed by atoms with Gasteiger partial charge in [0.1, 0.15) is 0 Å². The average Bonchev–Trinajstić information content (AvgIpc) is 2.17. The van der Waals surface area contributed by atoms with Crippen molar-refractivity contribution in [2.45, 2.75) is 32.6 Å². The van der Waals surface area contributed by atoms with E-state index in [1.54, 1.807) is 7.11 Å². The third-order valence-electron chi connectivity index (χ3n) is 2.21. The van der Waals surface area contributed by atoms with E-state index in [0.717, 1.165) is 32.5 Å². The zero-order valence-corrected chi connectivity index (χ0v) is 9.59. The highest BCUT2D eigenvalue weighted by Gasteiger charge is 1.99. The van der Waals surface area contributed by atoms with Crippen LogP contribution in [0.2, 0.25) is 0 Å². The molecule has 0 amide bonds. The number of rotatable bonds is 10. The van der Waals surface area contributed by atoms with E-state index in [9.17, 15) is 0 Å². The van der Waals surface area contributed by atoms with Gasteiger partial charge in [0.2, 0.25) is 0 Å². The van der Waals surface area contributed by atoms with Crippen LogP contribution in [-0.4, -0.2) is 38.5 Å². The van der Waals surface area contributed by atoms with Crippen LogP contribution in [0.25, 0.3) is 0 Å². The molecule has 0 spiro atoms. The zero-order chi connectivity index (χ0) is 10.6. The van der Waals surface area contributed by atoms with Crippen LogP contribution < -0.4 is 5.32 Å². The number of aliphatic hydroxyl groups is 1. The molecule has 0 saturated carbocycles. The van der Waals surface area contributed by atoms with Gasteiger partial charge in [0.25, 0.3) is 0 Å². The Morgan fingerprint density at radius 3 is 2.57 bits per heavy atom. The first-order chi connectivity index (χ1) is 6.81. The molecular weight excluding hydrogens is 178 g/mol. The Bertz CT molecular complexity index is 109. The monoisotopic (exact) mass is 203 g/mol. The van der Waals surface area contributed by atoms with Gasteiger partial charge in [-0.25, -0.2) is 0 Å². The van der Waals surface area contributed by atoms with Crippen molar-refractivity contribution in [3.8, 4) is 0 Å². The number of hydrogen-bond acceptors (Lipinski definition) is 3. The maximum absolute atomic E-state index is 8.57. The lowest BCUT2D eigenvalue weighted by Gasteiger charge is -2.10. The summed E-state index contributed by atoms with van der Waals surface area (Å²) in [5.41, 5.74) is 0. The van der Waals surface area contributed by atoms with Crippen molar-refractivity contribution < 1.29 is 9.84 Å². The molecule has 86 valence electrons. The molecule has 2 N–H and O–H groups in total. The first kappa shape index (κ1) is 13.9. The van der Waals surface area contributed by atoms with Gasteiger partial charge in [0, 0.05) is 20.3 Å².